The molecule has 0 saturated carbocycles. The molecule has 0 aliphatic rings. The molecule has 0 aliphatic heterocycles. The van der Waals surface area contributed by atoms with Crippen molar-refractivity contribution in [3.8, 4) is 11.5 Å². The Labute approximate surface area is 117 Å². The second-order valence-electron chi connectivity index (χ2n) is 3.42. The molecule has 0 radical (unpaired) electrons. The zero-order valence-corrected chi connectivity index (χ0v) is 11.9. The molecule has 0 aliphatic carbocycles. The van der Waals surface area contributed by atoms with Gasteiger partial charge in [-0.1, -0.05) is 11.6 Å². The molecule has 1 aromatic heterocycles. The summed E-state index contributed by atoms with van der Waals surface area (Å²) >= 11 is 14.9. The molecule has 0 atom stereocenters. The number of nitrogens with zero attached hydrogens (tertiary/aromatic N) is 2. The van der Waals surface area contributed by atoms with Crippen LogP contribution in [-0.2, 0) is 6.42 Å². The third kappa shape index (κ3) is 3.21. The molecule has 0 N–H and O–H groups in total. The number of hydrogen-bond acceptors (Lipinski definition) is 3. The lowest BCUT2D eigenvalue weighted by Crippen LogP contribution is -1.85. The Balaban J connectivity index is 2.21. The van der Waals surface area contributed by atoms with Crippen LogP contribution < -0.4 is 0 Å². The van der Waals surface area contributed by atoms with Crippen molar-refractivity contribution in [2.24, 2.45) is 0 Å². The quantitative estimate of drug-likeness (QED) is 0.781. The smallest absolute Gasteiger partial charge is 0.247 e. The van der Waals surface area contributed by atoms with E-state index in [-0.39, 0.29) is 0 Å². The van der Waals surface area contributed by atoms with Gasteiger partial charge in [-0.3, -0.25) is 0 Å². The standard InChI is InChI=1S/C11H9BrCl2N2O/c12-8-6-7(3-4-9(8)14)11-16-15-10(17-11)2-1-5-13/h3-4,6H,1-2,5H2. The second-order valence-corrected chi connectivity index (χ2v) is 5.06. The van der Waals surface area contributed by atoms with Gasteiger partial charge >= 0.3 is 0 Å². The molecule has 6 heteroatoms. The van der Waals surface area contributed by atoms with Gasteiger partial charge in [0.05, 0.1) is 5.02 Å². The average molecular weight is 336 g/mol. The van der Waals surface area contributed by atoms with Crippen molar-refractivity contribution in [3.05, 3.63) is 33.6 Å². The van der Waals surface area contributed by atoms with Gasteiger partial charge in [0.2, 0.25) is 11.8 Å². The highest BCUT2D eigenvalue weighted by atomic mass is 79.9. The molecule has 2 rings (SSSR count). The van der Waals surface area contributed by atoms with Crippen molar-refractivity contribution in [2.45, 2.75) is 12.8 Å². The second kappa shape index (κ2) is 5.85. The Kier molecular flexibility index (Phi) is 4.42. The lowest BCUT2D eigenvalue weighted by atomic mass is 10.2. The molecule has 0 unspecified atom stereocenters. The van der Waals surface area contributed by atoms with E-state index in [1.807, 2.05) is 12.1 Å². The molecule has 2 aromatic rings. The van der Waals surface area contributed by atoms with E-state index in [0.717, 1.165) is 16.5 Å². The van der Waals surface area contributed by atoms with E-state index in [2.05, 4.69) is 26.1 Å². The number of rotatable bonds is 4. The average Bonchev–Trinajstić information content (AvgIpc) is 2.79. The fourth-order valence-corrected chi connectivity index (χ4v) is 1.95. The van der Waals surface area contributed by atoms with Crippen LogP contribution in [0.15, 0.2) is 27.1 Å². The van der Waals surface area contributed by atoms with Crippen LogP contribution >= 0.6 is 39.1 Å². The van der Waals surface area contributed by atoms with Crippen LogP contribution in [0, 0.1) is 0 Å². The maximum atomic E-state index is 5.91. The Morgan fingerprint density at radius 1 is 1.29 bits per heavy atom. The summed E-state index contributed by atoms with van der Waals surface area (Å²) in [5.74, 6) is 1.68. The van der Waals surface area contributed by atoms with Gasteiger partial charge in [0.15, 0.2) is 0 Å². The molecule has 3 nitrogen and oxygen atoms in total. The molecule has 0 fully saturated rings. The number of benzene rings is 1. The first-order chi connectivity index (χ1) is 8.20. The molecular formula is C11H9BrCl2N2O. The fourth-order valence-electron chi connectivity index (χ4n) is 1.32. The summed E-state index contributed by atoms with van der Waals surface area (Å²) in [5.41, 5.74) is 0.839. The first-order valence-corrected chi connectivity index (χ1v) is 6.75. The topological polar surface area (TPSA) is 38.9 Å². The van der Waals surface area contributed by atoms with Crippen molar-refractivity contribution in [1.29, 1.82) is 0 Å². The van der Waals surface area contributed by atoms with E-state index in [9.17, 15) is 0 Å². The van der Waals surface area contributed by atoms with Gasteiger partial charge in [0.1, 0.15) is 0 Å². The van der Waals surface area contributed by atoms with E-state index in [1.165, 1.54) is 0 Å². The van der Waals surface area contributed by atoms with Crippen LogP contribution in [0.25, 0.3) is 11.5 Å². The van der Waals surface area contributed by atoms with Crippen molar-refractivity contribution in [2.75, 3.05) is 5.88 Å². The summed E-state index contributed by atoms with van der Waals surface area (Å²) in [6.07, 6.45) is 1.53. The lowest BCUT2D eigenvalue weighted by molar-refractivity contribution is 0.502. The van der Waals surface area contributed by atoms with Crippen LogP contribution in [0.3, 0.4) is 0 Å². The van der Waals surface area contributed by atoms with Crippen LogP contribution in [0.2, 0.25) is 5.02 Å². The fraction of sp³-hybridized carbons (Fsp3) is 0.273. The minimum Gasteiger partial charge on any atom is -0.421 e. The summed E-state index contributed by atoms with van der Waals surface area (Å²) in [5, 5.41) is 8.59. The van der Waals surface area contributed by atoms with E-state index in [4.69, 9.17) is 27.6 Å². The molecule has 90 valence electrons. The molecule has 0 amide bonds. The highest BCUT2D eigenvalue weighted by Gasteiger charge is 2.09. The summed E-state index contributed by atoms with van der Waals surface area (Å²) in [6.45, 7) is 0. The van der Waals surface area contributed by atoms with Crippen molar-refractivity contribution in [3.63, 3.8) is 0 Å². The molecule has 0 spiro atoms. The Bertz CT molecular complexity index is 516. The predicted octanol–water partition coefficient (Wildman–Crippen LogP) is 4.32. The first kappa shape index (κ1) is 12.9. The van der Waals surface area contributed by atoms with Crippen LogP contribution in [0.1, 0.15) is 12.3 Å². The van der Waals surface area contributed by atoms with Gasteiger partial charge in [-0.25, -0.2) is 0 Å². The van der Waals surface area contributed by atoms with Crippen molar-refractivity contribution in [1.82, 2.24) is 10.2 Å². The minimum atomic E-state index is 0.493. The maximum Gasteiger partial charge on any atom is 0.247 e. The van der Waals surface area contributed by atoms with Gasteiger partial charge in [-0.15, -0.1) is 21.8 Å². The van der Waals surface area contributed by atoms with Crippen LogP contribution in [0.4, 0.5) is 0 Å². The summed E-state index contributed by atoms with van der Waals surface area (Å²) < 4.78 is 6.32. The third-order valence-electron chi connectivity index (χ3n) is 2.16. The Morgan fingerprint density at radius 3 is 2.82 bits per heavy atom. The highest BCUT2D eigenvalue weighted by Crippen LogP contribution is 2.28. The van der Waals surface area contributed by atoms with Gasteiger partial charge in [0.25, 0.3) is 0 Å². The van der Waals surface area contributed by atoms with Crippen LogP contribution in [0.5, 0.6) is 0 Å². The molecule has 0 saturated heterocycles. The normalized spacial score (nSPS) is 10.8. The SMILES string of the molecule is ClCCCc1nnc(-c2ccc(Cl)c(Br)c2)o1. The largest absolute Gasteiger partial charge is 0.421 e. The molecule has 1 aromatic carbocycles. The Morgan fingerprint density at radius 2 is 2.12 bits per heavy atom. The van der Waals surface area contributed by atoms with E-state index in [0.29, 0.717) is 29.1 Å². The highest BCUT2D eigenvalue weighted by molar-refractivity contribution is 9.10. The van der Waals surface area contributed by atoms with Gasteiger partial charge in [-0.2, -0.15) is 0 Å². The van der Waals surface area contributed by atoms with Crippen LogP contribution in [-0.4, -0.2) is 16.1 Å². The predicted molar refractivity (Wildman–Crippen MR) is 71.5 cm³/mol. The van der Waals surface area contributed by atoms with Gasteiger partial charge in [0, 0.05) is 22.3 Å². The number of alkyl halides is 1. The van der Waals surface area contributed by atoms with E-state index < -0.39 is 0 Å². The lowest BCUT2D eigenvalue weighted by Gasteiger charge is -1.98. The molecular weight excluding hydrogens is 327 g/mol. The summed E-state index contributed by atoms with van der Waals surface area (Å²) in [6, 6.07) is 5.47. The minimum absolute atomic E-state index is 0.493. The molecule has 1 heterocycles. The zero-order valence-electron chi connectivity index (χ0n) is 8.79. The first-order valence-electron chi connectivity index (χ1n) is 5.04. The van der Waals surface area contributed by atoms with Gasteiger partial charge < -0.3 is 4.42 Å². The molecule has 0 bridgehead atoms. The molecule has 17 heavy (non-hydrogen) atoms. The van der Waals surface area contributed by atoms with E-state index in [1.54, 1.807) is 6.07 Å². The number of halogens is 3. The summed E-state index contributed by atoms with van der Waals surface area (Å²) in [4.78, 5) is 0. The monoisotopic (exact) mass is 334 g/mol. The van der Waals surface area contributed by atoms with Crippen molar-refractivity contribution >= 4 is 39.1 Å². The number of aryl methyl sites for hydroxylation is 1. The Hall–Kier alpha value is -0.580. The maximum absolute atomic E-state index is 5.91. The zero-order chi connectivity index (χ0) is 12.3. The van der Waals surface area contributed by atoms with Gasteiger partial charge in [-0.05, 0) is 40.5 Å². The summed E-state index contributed by atoms with van der Waals surface area (Å²) in [7, 11) is 0. The number of aromatic nitrogens is 2. The van der Waals surface area contributed by atoms with Crippen molar-refractivity contribution < 1.29 is 4.42 Å². The third-order valence-corrected chi connectivity index (χ3v) is 3.64. The van der Waals surface area contributed by atoms with E-state index >= 15 is 0 Å². The number of hydrogen-bond donors (Lipinski definition) is 0.